The lowest BCUT2D eigenvalue weighted by Gasteiger charge is -2.26. The first-order chi connectivity index (χ1) is 21.2. The van der Waals surface area contributed by atoms with Crippen LogP contribution in [0.1, 0.15) is 83.0 Å². The number of carbonyl (C=O) groups is 1. The lowest BCUT2D eigenvalue weighted by atomic mass is 10.1. The average molecular weight is 400 g/mol. The van der Waals surface area contributed by atoms with Crippen molar-refractivity contribution in [3.8, 4) is 5.75 Å². The van der Waals surface area contributed by atoms with Crippen LogP contribution in [0.15, 0.2) is 16.2 Å². The van der Waals surface area contributed by atoms with Gasteiger partial charge in [-0.2, -0.15) is 0 Å². The van der Waals surface area contributed by atoms with Gasteiger partial charge in [-0.1, -0.05) is 6.37 Å². The molecule has 3 rings (SSSR count). The third-order valence-electron chi connectivity index (χ3n) is 3.20. The van der Waals surface area contributed by atoms with Gasteiger partial charge in [-0.05, 0) is 63.8 Å². The highest BCUT2D eigenvalue weighted by molar-refractivity contribution is 7.16. The molecule has 2 aromatic rings. The van der Waals surface area contributed by atoms with Crippen molar-refractivity contribution < 1.29 is 38.7 Å². The number of thiophene rings is 1. The first-order valence-electron chi connectivity index (χ1n) is 17.9. The Hall–Kier alpha value is -1.86. The summed E-state index contributed by atoms with van der Waals surface area (Å²) in [5.41, 5.74) is -3.30. The van der Waals surface area contributed by atoms with Crippen LogP contribution in [0.25, 0.3) is 10.2 Å². The van der Waals surface area contributed by atoms with Gasteiger partial charge in [0, 0.05) is 37.2 Å². The summed E-state index contributed by atoms with van der Waals surface area (Å²) < 4.78 is 176. The summed E-state index contributed by atoms with van der Waals surface area (Å²) in [6.45, 7) is -20.2. The fourth-order valence-electron chi connectivity index (χ4n) is 2.11. The Bertz CT molecular complexity index is 1620. The molecule has 26 heavy (non-hydrogen) atoms. The number of hydrogen-bond acceptors (Lipinski definition) is 5. The number of aromatic nitrogens is 1. The van der Waals surface area contributed by atoms with Gasteiger partial charge in [-0.3, -0.25) is 14.2 Å². The van der Waals surface area contributed by atoms with E-state index in [4.69, 9.17) is 30.3 Å². The highest BCUT2D eigenvalue weighted by atomic mass is 32.1. The molecule has 0 radical (unpaired) electrons. The SMILES string of the molecule is [2H]Oc1c(C(=O)N([2H])CCC([2H])([2H])N2C([2H])([2H])C([2H])([2H])C([2H])([2H])C([2H])([2H])C2([2H])[2H])c(=O)n(C([2H])(C([2H])([2H])[2H])C([2H])([2H])[2H])c2scc([2H])c12. The van der Waals surface area contributed by atoms with Gasteiger partial charge in [0.25, 0.3) is 12.9 Å². The van der Waals surface area contributed by atoms with Gasteiger partial charge in [-0.25, -0.2) is 0 Å². The summed E-state index contributed by atoms with van der Waals surface area (Å²) >= 11 is 0.407. The third kappa shape index (κ3) is 3.78. The quantitative estimate of drug-likeness (QED) is 0.751. The molecule has 0 spiro atoms. The maximum atomic E-state index is 13.8. The minimum atomic E-state index is -3.91. The fourth-order valence-corrected chi connectivity index (χ4v) is 2.95. The molecule has 0 aliphatic carbocycles. The van der Waals surface area contributed by atoms with E-state index in [1.165, 1.54) is 0 Å². The van der Waals surface area contributed by atoms with Gasteiger partial charge in [0.2, 0.25) is 0 Å². The Morgan fingerprint density at radius 3 is 3.15 bits per heavy atom. The number of amides is 1. The van der Waals surface area contributed by atoms with Crippen molar-refractivity contribution in [1.29, 1.82) is 1.43 Å². The molecule has 1 aliphatic heterocycles. The predicted octanol–water partition coefficient (Wildman–Crippen LogP) is 2.96. The lowest BCUT2D eigenvalue weighted by Crippen LogP contribution is -2.36. The van der Waals surface area contributed by atoms with Crippen LogP contribution in [0.5, 0.6) is 5.75 Å². The molecule has 3 heterocycles. The highest BCUT2D eigenvalue weighted by Gasteiger charge is 2.23. The molecule has 6 nitrogen and oxygen atoms in total. The van der Waals surface area contributed by atoms with E-state index in [1.807, 2.05) is 0 Å². The van der Waals surface area contributed by atoms with Gasteiger partial charge in [0.15, 0.2) is 1.41 Å². The van der Waals surface area contributed by atoms with E-state index in [9.17, 15) is 9.59 Å². The smallest absolute Gasteiger partial charge is 0.293 e. The van der Waals surface area contributed by atoms with E-state index in [0.29, 0.717) is 11.3 Å². The number of rotatable bonds is 7. The van der Waals surface area contributed by atoms with Crippen LogP contribution in [0.4, 0.5) is 0 Å². The van der Waals surface area contributed by atoms with Crippen LogP contribution in [0, 0.1) is 0 Å². The molecular formula is C19H27N3O3S. The number of nitrogens with zero attached hydrogens (tertiary/aromatic N) is 2. The van der Waals surface area contributed by atoms with E-state index in [0.717, 1.165) is 5.38 Å². The zero-order chi connectivity index (χ0) is 37.8. The topological polar surface area (TPSA) is 74.6 Å². The van der Waals surface area contributed by atoms with E-state index in [2.05, 4.69) is 5.11 Å². The number of pyridine rings is 1. The van der Waals surface area contributed by atoms with Crippen LogP contribution in [0.3, 0.4) is 0 Å². The minimum Gasteiger partial charge on any atom is -0.506 e. The molecule has 1 saturated heterocycles. The maximum Gasteiger partial charge on any atom is 0.293 e. The van der Waals surface area contributed by atoms with Gasteiger partial charge in [-0.15, -0.1) is 11.3 Å². The van der Waals surface area contributed by atoms with Crippen molar-refractivity contribution >= 4 is 27.5 Å². The standard InChI is InChI=1S/C19H27N3O3S/c1-13(2)22-18(25)15(16(23)14-7-12-26-19(14)22)17(24)20-8-6-11-21-9-4-3-5-10-21/h7,12-13,23H,3-6,8-11H2,1-2H3,(H,20,24)/i1D3,2D3,3D2,4D2,5D2,7D,9D2,10D2,11D2,13D/hD2. The van der Waals surface area contributed by atoms with Gasteiger partial charge < -0.3 is 15.3 Å². The molecule has 7 heteroatoms. The summed E-state index contributed by atoms with van der Waals surface area (Å²) in [4.78, 5) is 26.1. The van der Waals surface area contributed by atoms with Crippen LogP contribution in [0.2, 0.25) is 1.41 Å². The van der Waals surface area contributed by atoms with Crippen molar-refractivity contribution in [2.45, 2.75) is 45.3 Å². The van der Waals surface area contributed by atoms with Crippen LogP contribution in [-0.2, 0) is 0 Å². The van der Waals surface area contributed by atoms with Crippen molar-refractivity contribution in [2.24, 2.45) is 0 Å². The highest BCUT2D eigenvalue weighted by Crippen LogP contribution is 2.31. The van der Waals surface area contributed by atoms with Gasteiger partial charge in [0.1, 0.15) is 16.1 Å². The molecule has 0 unspecified atom stereocenters. The molecule has 2 aromatic heterocycles. The molecule has 1 amide bonds. The number of hydrogen-bond donors (Lipinski definition) is 2. The van der Waals surface area contributed by atoms with E-state index >= 15 is 0 Å². The molecule has 142 valence electrons. The molecule has 1 aliphatic rings. The van der Waals surface area contributed by atoms with Gasteiger partial charge >= 0.3 is 0 Å². The Labute approximate surface area is 188 Å². The first-order valence-corrected chi connectivity index (χ1v) is 7.96. The fraction of sp³-hybridized carbons (Fsp3) is 0.579. The summed E-state index contributed by atoms with van der Waals surface area (Å²) in [5.74, 6) is -2.90. The second-order valence-corrected chi connectivity index (χ2v) is 5.64. The Morgan fingerprint density at radius 2 is 2.42 bits per heavy atom. The van der Waals surface area contributed by atoms with E-state index in [-0.39, 0.29) is 9.88 Å². The van der Waals surface area contributed by atoms with Crippen LogP contribution >= 0.6 is 11.3 Å². The molecule has 0 bridgehead atoms. The number of carbonyl (C=O) groups excluding carboxylic acids is 1. The average Bonchev–Trinajstić information content (AvgIpc) is 3.28. The molecular weight excluding hydrogens is 350 g/mol. The second kappa shape index (κ2) is 8.22. The Balaban J connectivity index is 2.19. The summed E-state index contributed by atoms with van der Waals surface area (Å²) in [5, 5.41) is 4.44. The Morgan fingerprint density at radius 1 is 1.62 bits per heavy atom. The predicted molar refractivity (Wildman–Crippen MR) is 105 cm³/mol. The number of aromatic hydroxyl groups is 1. The molecule has 0 atom stereocenters. The van der Waals surface area contributed by atoms with Crippen molar-refractivity contribution in [1.82, 2.24) is 14.8 Å². The second-order valence-electron chi connectivity index (χ2n) is 4.78. The van der Waals surface area contributed by atoms with E-state index < -0.39 is 115 Å². The summed E-state index contributed by atoms with van der Waals surface area (Å²) in [7, 11) is 0. The number of fused-ring (bicyclic) bond motifs is 1. The van der Waals surface area contributed by atoms with Crippen molar-refractivity contribution in [2.75, 3.05) is 26.0 Å². The molecule has 2 N–H and O–H groups in total. The molecule has 0 aromatic carbocycles. The normalized spacial score (nSPS) is 39.5. The van der Waals surface area contributed by atoms with Crippen LogP contribution in [-0.4, -0.2) is 47.9 Å². The Kier molecular flexibility index (Phi) is 1.76. The zero-order valence-electron chi connectivity index (χ0n) is 35.0. The maximum absolute atomic E-state index is 13.8. The molecule has 0 saturated carbocycles. The van der Waals surface area contributed by atoms with Crippen molar-refractivity contribution in [3.63, 3.8) is 0 Å². The first kappa shape index (κ1) is 5.58. The zero-order valence-corrected chi connectivity index (χ0v) is 13.8. The monoisotopic (exact) mass is 399 g/mol. The summed E-state index contributed by atoms with van der Waals surface area (Å²) in [6, 6.07) is -4.44. The lowest BCUT2D eigenvalue weighted by molar-refractivity contribution is 0.0946. The van der Waals surface area contributed by atoms with Crippen LogP contribution < -0.4 is 10.9 Å². The number of nitrogens with one attached hydrogen (secondary N) is 1. The largest absolute Gasteiger partial charge is 0.506 e. The number of likely N-dealkylation sites (tertiary alicyclic amines) is 1. The molecule has 1 fully saturated rings. The third-order valence-corrected chi connectivity index (χ3v) is 4.04. The summed E-state index contributed by atoms with van der Waals surface area (Å²) in [6.07, 6.45) is -13.0. The van der Waals surface area contributed by atoms with Gasteiger partial charge in [0.05, 0.1) is 8.13 Å². The van der Waals surface area contributed by atoms with E-state index in [1.54, 1.807) is 0 Å². The number of piperidine rings is 1. The van der Waals surface area contributed by atoms with Crippen molar-refractivity contribution in [3.05, 3.63) is 27.3 Å². The minimum absolute atomic E-state index is 0.108.